The fourth-order valence-electron chi connectivity index (χ4n) is 2.73. The molecule has 0 spiro atoms. The van der Waals surface area contributed by atoms with Crippen LogP contribution in [0.2, 0.25) is 0 Å². The van der Waals surface area contributed by atoms with Crippen LogP contribution in [-0.4, -0.2) is 50.8 Å². The minimum absolute atomic E-state index is 0. The SMILES string of the molecule is CCCCCCP(=O)([O-])OC[C@H]1O[C@@H](n2cc(F)c(=O)[nH]c2=O)[C@H](O)[C@@H]1O.[Na+]. The first-order valence-corrected chi connectivity index (χ1v) is 10.4. The molecule has 154 valence electrons. The number of aliphatic hydroxyl groups excluding tert-OH is 2. The Morgan fingerprint density at radius 3 is 2.64 bits per heavy atom. The summed E-state index contributed by atoms with van der Waals surface area (Å²) in [5.74, 6) is -1.28. The van der Waals surface area contributed by atoms with Crippen molar-refractivity contribution >= 4 is 7.60 Å². The second-order valence-corrected chi connectivity index (χ2v) is 8.31. The van der Waals surface area contributed by atoms with Gasteiger partial charge in [0.05, 0.1) is 12.8 Å². The molecule has 1 saturated heterocycles. The van der Waals surface area contributed by atoms with Crippen LogP contribution in [0.25, 0.3) is 0 Å². The van der Waals surface area contributed by atoms with Crippen molar-refractivity contribution in [2.75, 3.05) is 12.8 Å². The quantitative estimate of drug-likeness (QED) is 0.206. The molecule has 1 unspecified atom stereocenters. The fraction of sp³-hybridized carbons (Fsp3) is 0.733. The molecule has 1 aromatic rings. The average molecular weight is 432 g/mol. The zero-order valence-electron chi connectivity index (χ0n) is 15.7. The molecule has 3 N–H and O–H groups in total. The first-order chi connectivity index (χ1) is 12.7. The Morgan fingerprint density at radius 1 is 1.32 bits per heavy atom. The zero-order chi connectivity index (χ0) is 20.2. The summed E-state index contributed by atoms with van der Waals surface area (Å²) in [6.07, 6.45) is -2.57. The van der Waals surface area contributed by atoms with Gasteiger partial charge in [-0.15, -0.1) is 0 Å². The Hall–Kier alpha value is -0.360. The number of unbranched alkanes of at least 4 members (excludes halogenated alkanes) is 3. The average Bonchev–Trinajstić information content (AvgIpc) is 2.88. The van der Waals surface area contributed by atoms with Crippen molar-refractivity contribution in [1.29, 1.82) is 0 Å². The Kier molecular flexibility index (Phi) is 10.2. The number of hydrogen-bond donors (Lipinski definition) is 3. The van der Waals surface area contributed by atoms with E-state index in [4.69, 9.17) is 9.26 Å². The van der Waals surface area contributed by atoms with E-state index in [1.165, 1.54) is 0 Å². The Bertz CT molecular complexity index is 803. The van der Waals surface area contributed by atoms with Gasteiger partial charge in [0.25, 0.3) is 5.56 Å². The van der Waals surface area contributed by atoms with Gasteiger partial charge in [0.1, 0.15) is 25.9 Å². The molecule has 0 radical (unpaired) electrons. The number of halogens is 1. The molecule has 0 saturated carbocycles. The van der Waals surface area contributed by atoms with E-state index in [1.807, 2.05) is 6.92 Å². The number of H-pyrrole nitrogens is 1. The Balaban J connectivity index is 0.00000392. The summed E-state index contributed by atoms with van der Waals surface area (Å²) in [5, 5.41) is 20.1. The summed E-state index contributed by atoms with van der Waals surface area (Å²) >= 11 is 0. The number of rotatable bonds is 9. The third-order valence-electron chi connectivity index (χ3n) is 4.26. The van der Waals surface area contributed by atoms with Crippen LogP contribution in [-0.2, 0) is 13.8 Å². The summed E-state index contributed by atoms with van der Waals surface area (Å²) in [6, 6.07) is 0. The van der Waals surface area contributed by atoms with Crippen LogP contribution >= 0.6 is 7.60 Å². The smallest absolute Gasteiger partial charge is 0.778 e. The van der Waals surface area contributed by atoms with Crippen LogP contribution in [0.4, 0.5) is 4.39 Å². The molecule has 13 heteroatoms. The van der Waals surface area contributed by atoms with Crippen LogP contribution in [0.15, 0.2) is 15.8 Å². The van der Waals surface area contributed by atoms with Crippen LogP contribution in [0, 0.1) is 5.82 Å². The van der Waals surface area contributed by atoms with Crippen molar-refractivity contribution in [3.63, 3.8) is 0 Å². The number of aliphatic hydroxyl groups is 2. The summed E-state index contributed by atoms with van der Waals surface area (Å²) in [6.45, 7) is 1.43. The zero-order valence-corrected chi connectivity index (χ0v) is 18.6. The van der Waals surface area contributed by atoms with E-state index in [0.29, 0.717) is 17.2 Å². The topological polar surface area (TPSA) is 154 Å². The maximum absolute atomic E-state index is 13.4. The molecule has 1 aromatic heterocycles. The second kappa shape index (κ2) is 11.1. The maximum atomic E-state index is 13.4. The van der Waals surface area contributed by atoms with Crippen LogP contribution in [0.5, 0.6) is 0 Å². The predicted molar refractivity (Wildman–Crippen MR) is 89.8 cm³/mol. The number of nitrogens with one attached hydrogen (secondary N) is 1. The van der Waals surface area contributed by atoms with Gasteiger partial charge in [-0.1, -0.05) is 26.2 Å². The van der Waals surface area contributed by atoms with Gasteiger partial charge < -0.3 is 28.9 Å². The molecule has 10 nitrogen and oxygen atoms in total. The number of ether oxygens (including phenoxy) is 1. The van der Waals surface area contributed by atoms with Gasteiger partial charge in [-0.25, -0.2) is 4.79 Å². The van der Waals surface area contributed by atoms with E-state index in [-0.39, 0.29) is 35.7 Å². The molecule has 1 aliphatic rings. The number of nitrogens with zero attached hydrogens (tertiary/aromatic N) is 1. The van der Waals surface area contributed by atoms with Crippen molar-refractivity contribution in [1.82, 2.24) is 9.55 Å². The third-order valence-corrected chi connectivity index (χ3v) is 5.66. The minimum Gasteiger partial charge on any atom is -0.778 e. The minimum atomic E-state index is -4.15. The van der Waals surface area contributed by atoms with E-state index in [9.17, 15) is 33.7 Å². The van der Waals surface area contributed by atoms with Crippen molar-refractivity contribution in [3.8, 4) is 0 Å². The Labute approximate surface area is 182 Å². The second-order valence-electron chi connectivity index (χ2n) is 6.38. The number of hydrogen-bond acceptors (Lipinski definition) is 8. The predicted octanol–water partition coefficient (Wildman–Crippen LogP) is -3.55. The molecule has 1 aliphatic heterocycles. The van der Waals surface area contributed by atoms with E-state index in [2.05, 4.69) is 0 Å². The van der Waals surface area contributed by atoms with Crippen LogP contribution in [0.1, 0.15) is 38.8 Å². The van der Waals surface area contributed by atoms with Gasteiger partial charge in [-0.3, -0.25) is 14.3 Å². The van der Waals surface area contributed by atoms with E-state index in [0.717, 1.165) is 19.3 Å². The molecule has 5 atom stereocenters. The van der Waals surface area contributed by atoms with E-state index < -0.39 is 55.8 Å². The normalized spacial score (nSPS) is 26.6. The molecule has 0 aliphatic carbocycles. The standard InChI is InChI=1S/C15H24FN2O8P.Na/c1-2-3-4-5-6-27(23,24)25-8-10-11(19)12(20)14(26-10)18-7-9(16)13(21)17-15(18)22;/h7,10-12,14,19-20H,2-6,8H2,1H3,(H,23,24)(H,17,21,22);/q;+1/p-1/t10-,11-,12-,14-;/m1./s1. The largest absolute Gasteiger partial charge is 1.00 e. The molecule has 0 amide bonds. The summed E-state index contributed by atoms with van der Waals surface area (Å²) in [5.41, 5.74) is -2.29. The third kappa shape index (κ3) is 6.58. The fourth-order valence-corrected chi connectivity index (χ4v) is 3.84. The number of aromatic nitrogens is 2. The van der Waals surface area contributed by atoms with Gasteiger partial charge in [0.2, 0.25) is 5.82 Å². The van der Waals surface area contributed by atoms with Crippen molar-refractivity contribution < 1.29 is 62.9 Å². The molecule has 1 fully saturated rings. The maximum Gasteiger partial charge on any atom is 1.00 e. The summed E-state index contributed by atoms with van der Waals surface area (Å²) < 4.78 is 36.0. The van der Waals surface area contributed by atoms with Crippen molar-refractivity contribution in [2.24, 2.45) is 0 Å². The van der Waals surface area contributed by atoms with Crippen molar-refractivity contribution in [2.45, 2.75) is 57.1 Å². The number of aromatic amines is 1. The van der Waals surface area contributed by atoms with Crippen molar-refractivity contribution in [3.05, 3.63) is 32.9 Å². The van der Waals surface area contributed by atoms with Gasteiger partial charge >= 0.3 is 35.2 Å². The molecule has 0 aromatic carbocycles. The Morgan fingerprint density at radius 2 is 2.00 bits per heavy atom. The van der Waals surface area contributed by atoms with E-state index in [1.54, 1.807) is 4.98 Å². The van der Waals surface area contributed by atoms with Gasteiger partial charge in [-0.05, 0) is 6.42 Å². The molecular weight excluding hydrogens is 409 g/mol. The molecule has 2 heterocycles. The van der Waals surface area contributed by atoms with Gasteiger partial charge in [-0.2, -0.15) is 4.39 Å². The molecule has 0 bridgehead atoms. The van der Waals surface area contributed by atoms with Gasteiger partial charge in [0.15, 0.2) is 6.23 Å². The van der Waals surface area contributed by atoms with Gasteiger partial charge in [0, 0.05) is 6.16 Å². The van der Waals surface area contributed by atoms with Crippen LogP contribution < -0.4 is 45.7 Å². The monoisotopic (exact) mass is 432 g/mol. The first kappa shape index (κ1) is 25.7. The van der Waals surface area contributed by atoms with E-state index >= 15 is 0 Å². The summed E-state index contributed by atoms with van der Waals surface area (Å²) in [7, 11) is -4.15. The van der Waals surface area contributed by atoms with Crippen LogP contribution in [0.3, 0.4) is 0 Å². The molecular formula is C15H23FN2NaO8P. The summed E-state index contributed by atoms with van der Waals surface area (Å²) in [4.78, 5) is 36.4. The molecule has 2 rings (SSSR count). The molecule has 28 heavy (non-hydrogen) atoms. The first-order valence-electron chi connectivity index (χ1n) is 8.63.